The van der Waals surface area contributed by atoms with Crippen molar-refractivity contribution in [1.29, 1.82) is 0 Å². The van der Waals surface area contributed by atoms with Crippen molar-refractivity contribution in [2.75, 3.05) is 6.61 Å². The minimum atomic E-state index is -7.42. The second-order valence-corrected chi connectivity index (χ2v) is 8.20. The van der Waals surface area contributed by atoms with E-state index in [1.807, 2.05) is 0 Å². The van der Waals surface area contributed by atoms with Gasteiger partial charge in [0.25, 0.3) is 11.8 Å². The van der Waals surface area contributed by atoms with Crippen molar-refractivity contribution in [1.82, 2.24) is 4.90 Å². The molecule has 1 heterocycles. The van der Waals surface area contributed by atoms with Crippen LogP contribution in [-0.2, 0) is 14.3 Å². The summed E-state index contributed by atoms with van der Waals surface area (Å²) in [5.74, 6) is -32.1. The molecule has 0 bridgehead atoms. The summed E-state index contributed by atoms with van der Waals surface area (Å²) in [6, 6.07) is -2.67. The van der Waals surface area contributed by atoms with Gasteiger partial charge in [-0.05, 0) is 5.92 Å². The summed E-state index contributed by atoms with van der Waals surface area (Å²) in [5.41, 5.74) is -3.60. The standard InChI is InChI=1S/C19H10F15NO5/c1-4(2)11(35-12(36)5-6(13(35)37)8(21)10(23)9(22)7(5)20)14(38)39-3-15(24,17(27,28)29)40-19(33,34)16(25,26)18(30,31)32/h4,11H,3H2,1-2H3. The predicted molar refractivity (Wildman–Crippen MR) is 93.3 cm³/mol. The Balaban J connectivity index is 2.45. The maximum absolute atomic E-state index is 14.3. The number of ether oxygens (including phenoxy) is 2. The molecule has 0 fully saturated rings. The Hall–Kier alpha value is -3.26. The number of esters is 1. The van der Waals surface area contributed by atoms with E-state index >= 15 is 0 Å². The zero-order chi connectivity index (χ0) is 31.5. The van der Waals surface area contributed by atoms with Crippen LogP contribution in [0.5, 0.6) is 0 Å². The van der Waals surface area contributed by atoms with E-state index in [0.29, 0.717) is 0 Å². The molecule has 0 saturated heterocycles. The smallest absolute Gasteiger partial charge is 0.458 e. The zero-order valence-electron chi connectivity index (χ0n) is 19.0. The molecule has 2 unspecified atom stereocenters. The molecule has 1 aliphatic heterocycles. The largest absolute Gasteiger partial charge is 0.462 e. The molecule has 6 nitrogen and oxygen atoms in total. The first kappa shape index (κ1) is 32.9. The van der Waals surface area contributed by atoms with Crippen molar-refractivity contribution >= 4 is 17.8 Å². The number of rotatable bonds is 8. The molecule has 2 amide bonds. The molecule has 1 aromatic carbocycles. The predicted octanol–water partition coefficient (Wildman–Crippen LogP) is 5.44. The van der Waals surface area contributed by atoms with Crippen LogP contribution in [-0.4, -0.2) is 65.6 Å². The zero-order valence-corrected chi connectivity index (χ0v) is 19.0. The molecule has 1 aromatic rings. The summed E-state index contributed by atoms with van der Waals surface area (Å²) in [5, 5.41) is 0. The van der Waals surface area contributed by atoms with Gasteiger partial charge in [-0.25, -0.2) is 22.4 Å². The minimum absolute atomic E-state index is 0.510. The molecule has 40 heavy (non-hydrogen) atoms. The van der Waals surface area contributed by atoms with E-state index in [-0.39, 0.29) is 0 Å². The highest BCUT2D eigenvalue weighted by Gasteiger charge is 2.78. The number of amides is 2. The number of fused-ring (bicyclic) bond motifs is 1. The summed E-state index contributed by atoms with van der Waals surface area (Å²) in [6.07, 6.45) is -21.5. The molecule has 0 radical (unpaired) electrons. The molecule has 0 N–H and O–H groups in total. The number of imide groups is 1. The van der Waals surface area contributed by atoms with Gasteiger partial charge in [0.2, 0.25) is 0 Å². The quantitative estimate of drug-likeness (QED) is 0.128. The van der Waals surface area contributed by atoms with Crippen molar-refractivity contribution in [3.05, 3.63) is 34.4 Å². The van der Waals surface area contributed by atoms with Crippen molar-refractivity contribution in [2.24, 2.45) is 5.92 Å². The summed E-state index contributed by atoms with van der Waals surface area (Å²) in [4.78, 5) is 36.9. The van der Waals surface area contributed by atoms with Crippen LogP contribution in [0.15, 0.2) is 0 Å². The lowest BCUT2D eigenvalue weighted by Gasteiger charge is -2.35. The van der Waals surface area contributed by atoms with Gasteiger partial charge < -0.3 is 4.74 Å². The van der Waals surface area contributed by atoms with E-state index in [9.17, 15) is 80.2 Å². The molecule has 226 valence electrons. The topological polar surface area (TPSA) is 72.9 Å². The summed E-state index contributed by atoms with van der Waals surface area (Å²) in [6.45, 7) is -1.58. The number of alkyl halides is 11. The van der Waals surface area contributed by atoms with E-state index in [2.05, 4.69) is 9.47 Å². The lowest BCUT2D eigenvalue weighted by Crippen LogP contribution is -2.60. The second kappa shape index (κ2) is 9.98. The third-order valence-electron chi connectivity index (χ3n) is 5.12. The molecule has 2 atom stereocenters. The maximum atomic E-state index is 14.3. The van der Waals surface area contributed by atoms with Crippen LogP contribution < -0.4 is 0 Å². The fraction of sp³-hybridized carbons (Fsp3) is 0.526. The number of benzene rings is 1. The van der Waals surface area contributed by atoms with Gasteiger partial charge in [0.05, 0.1) is 11.1 Å². The number of hydrogen-bond donors (Lipinski definition) is 0. The first-order chi connectivity index (χ1) is 17.7. The molecule has 0 aliphatic carbocycles. The van der Waals surface area contributed by atoms with Gasteiger partial charge in [0.15, 0.2) is 29.9 Å². The van der Waals surface area contributed by atoms with Gasteiger partial charge in [-0.1, -0.05) is 13.8 Å². The molecule has 1 aliphatic rings. The van der Waals surface area contributed by atoms with Crippen LogP contribution >= 0.6 is 0 Å². The van der Waals surface area contributed by atoms with E-state index in [0.717, 1.165) is 13.8 Å². The number of halogens is 15. The molecule has 0 spiro atoms. The van der Waals surface area contributed by atoms with Gasteiger partial charge in [-0.3, -0.25) is 19.2 Å². The minimum Gasteiger partial charge on any atom is -0.458 e. The fourth-order valence-corrected chi connectivity index (χ4v) is 3.15. The average Bonchev–Trinajstić information content (AvgIpc) is 3.03. The van der Waals surface area contributed by atoms with E-state index in [4.69, 9.17) is 0 Å². The van der Waals surface area contributed by atoms with Crippen LogP contribution in [0.4, 0.5) is 65.9 Å². The van der Waals surface area contributed by atoms with Crippen LogP contribution in [0.3, 0.4) is 0 Å². The van der Waals surface area contributed by atoms with Gasteiger partial charge in [0, 0.05) is 0 Å². The van der Waals surface area contributed by atoms with E-state index in [1.165, 1.54) is 0 Å². The van der Waals surface area contributed by atoms with Gasteiger partial charge in [0.1, 0.15) is 6.04 Å². The molecular weight excluding hydrogens is 607 g/mol. The third-order valence-corrected chi connectivity index (χ3v) is 5.12. The molecular formula is C19H10F15NO5. The molecule has 0 saturated carbocycles. The monoisotopic (exact) mass is 617 g/mol. The number of carbonyl (C=O) groups is 3. The van der Waals surface area contributed by atoms with E-state index < -0.39 is 106 Å². The summed E-state index contributed by atoms with van der Waals surface area (Å²) < 4.78 is 204. The van der Waals surface area contributed by atoms with Crippen molar-refractivity contribution in [2.45, 2.75) is 50.1 Å². The van der Waals surface area contributed by atoms with Gasteiger partial charge >= 0.3 is 36.2 Å². The van der Waals surface area contributed by atoms with Crippen molar-refractivity contribution in [3.63, 3.8) is 0 Å². The first-order valence-corrected chi connectivity index (χ1v) is 9.93. The fourth-order valence-electron chi connectivity index (χ4n) is 3.15. The Morgan fingerprint density at radius 2 is 1.12 bits per heavy atom. The summed E-state index contributed by atoms with van der Waals surface area (Å²) >= 11 is 0. The number of carbonyl (C=O) groups excluding carboxylic acids is 3. The maximum Gasteiger partial charge on any atom is 0.462 e. The van der Waals surface area contributed by atoms with Gasteiger partial charge in [-0.2, -0.15) is 48.3 Å². The summed E-state index contributed by atoms with van der Waals surface area (Å²) in [7, 11) is 0. The first-order valence-electron chi connectivity index (χ1n) is 9.93. The Morgan fingerprint density at radius 1 is 0.725 bits per heavy atom. The van der Waals surface area contributed by atoms with Crippen LogP contribution in [0.2, 0.25) is 0 Å². The Kier molecular flexibility index (Phi) is 8.22. The number of nitrogens with zero attached hydrogens (tertiary/aromatic N) is 1. The van der Waals surface area contributed by atoms with Crippen molar-refractivity contribution < 1.29 is 89.7 Å². The molecule has 21 heteroatoms. The average molecular weight is 617 g/mol. The highest BCUT2D eigenvalue weighted by Crippen LogP contribution is 2.51. The van der Waals surface area contributed by atoms with Gasteiger partial charge in [-0.15, -0.1) is 0 Å². The van der Waals surface area contributed by atoms with Crippen LogP contribution in [0.25, 0.3) is 0 Å². The van der Waals surface area contributed by atoms with Crippen molar-refractivity contribution in [3.8, 4) is 0 Å². The molecule has 0 aromatic heterocycles. The number of hydrogen-bond acceptors (Lipinski definition) is 5. The Bertz CT molecular complexity index is 1180. The lowest BCUT2D eigenvalue weighted by atomic mass is 10.0. The van der Waals surface area contributed by atoms with Crippen LogP contribution in [0.1, 0.15) is 34.6 Å². The Labute approximate surface area is 210 Å². The Morgan fingerprint density at radius 3 is 1.45 bits per heavy atom. The second-order valence-electron chi connectivity index (χ2n) is 8.20. The lowest BCUT2D eigenvalue weighted by molar-refractivity contribution is -0.485. The SMILES string of the molecule is CC(C)C(C(=O)OCC(F)(OC(F)(F)C(F)(F)C(F)(F)F)C(F)(F)F)N1C(=O)c2c(F)c(F)c(F)c(F)c2C1=O. The van der Waals surface area contributed by atoms with E-state index in [1.54, 1.807) is 0 Å². The highest BCUT2D eigenvalue weighted by atomic mass is 19.4. The molecule has 2 rings (SSSR count). The normalized spacial score (nSPS) is 17.3. The third kappa shape index (κ3) is 5.14. The van der Waals surface area contributed by atoms with Crippen LogP contribution in [0, 0.1) is 29.2 Å². The highest BCUT2D eigenvalue weighted by molar-refractivity contribution is 6.23.